The first-order chi connectivity index (χ1) is 7.27. The fraction of sp³-hybridized carbons (Fsp3) is 0.429. The minimum absolute atomic E-state index is 0.000777. The highest BCUT2D eigenvalue weighted by atomic mass is 27.0. The molecule has 1 atom stereocenters. The largest absolute Gasteiger partial charge is 0.414 e. The van der Waals surface area contributed by atoms with Crippen molar-refractivity contribution >= 4 is 27.0 Å². The normalized spacial score (nSPS) is 20.6. The summed E-state index contributed by atoms with van der Waals surface area (Å²) in [7, 11) is 0. The molecule has 2 N–H and O–H groups in total. The Balaban J connectivity index is 2.97. The number of amides is 2. The van der Waals surface area contributed by atoms with Crippen LogP contribution >= 0.6 is 0 Å². The molecule has 1 rings (SSSR count). The Morgan fingerprint density at radius 1 is 1.56 bits per heavy atom. The van der Waals surface area contributed by atoms with Crippen molar-refractivity contribution in [2.45, 2.75) is 12.2 Å². The quantitative estimate of drug-likeness (QED) is 0.284. The minimum atomic E-state index is -4.57. The topological polar surface area (TPSA) is 69.6 Å². The highest BCUT2D eigenvalue weighted by molar-refractivity contribution is 6.57. The summed E-state index contributed by atoms with van der Waals surface area (Å²) in [6, 6.07) is -1.38. The van der Waals surface area contributed by atoms with Gasteiger partial charge in [-0.2, -0.15) is 13.2 Å². The number of nitrogens with zero attached hydrogens (tertiary/aromatic N) is 1. The van der Waals surface area contributed by atoms with Crippen molar-refractivity contribution in [1.29, 1.82) is 0 Å². The molecule has 1 heterocycles. The highest BCUT2D eigenvalue weighted by Gasteiger charge is 2.42. The molecule has 2 amide bonds. The summed E-state index contributed by atoms with van der Waals surface area (Å²) in [6.07, 6.45) is -3.93. The fourth-order valence-electron chi connectivity index (χ4n) is 1.39. The number of halogens is 3. The molecule has 0 saturated heterocycles. The van der Waals surface area contributed by atoms with E-state index in [0.29, 0.717) is 6.08 Å². The van der Waals surface area contributed by atoms with E-state index in [9.17, 15) is 22.8 Å². The third-order valence-corrected chi connectivity index (χ3v) is 2.76. The van der Waals surface area contributed by atoms with Gasteiger partial charge in [0.15, 0.2) is 0 Å². The Morgan fingerprint density at radius 3 is 2.50 bits per heavy atom. The first-order valence-corrected chi connectivity index (χ1v) is 5.26. The van der Waals surface area contributed by atoms with Crippen LogP contribution < -0.4 is 5.48 Å². The molecule has 88 valence electrons. The van der Waals surface area contributed by atoms with E-state index in [2.05, 4.69) is 0 Å². The van der Waals surface area contributed by atoms with Gasteiger partial charge in [0.1, 0.15) is 10.8 Å². The maximum Gasteiger partial charge on any atom is 0.414 e. The lowest BCUT2D eigenvalue weighted by Gasteiger charge is -2.22. The van der Waals surface area contributed by atoms with Crippen LogP contribution in [0.4, 0.5) is 18.0 Å². The second-order valence-electron chi connectivity index (χ2n) is 3.26. The van der Waals surface area contributed by atoms with Crippen LogP contribution in [0.3, 0.4) is 0 Å². The summed E-state index contributed by atoms with van der Waals surface area (Å²) in [5.74, 6) is -1.05. The molecule has 9 heteroatoms. The molecule has 0 bridgehead atoms. The van der Waals surface area contributed by atoms with Gasteiger partial charge in [-0.3, -0.25) is 14.8 Å². The van der Waals surface area contributed by atoms with Crippen LogP contribution in [0.1, 0.15) is 0 Å². The molecule has 0 radical (unpaired) electrons. The molecule has 0 fully saturated rings. The number of carbonyl (C=O) groups is 2. The number of hydrogen-bond acceptors (Lipinski definition) is 3. The molecular weight excluding hydrogens is 244 g/mol. The first kappa shape index (κ1) is 13.0. The van der Waals surface area contributed by atoms with Crippen molar-refractivity contribution in [3.63, 3.8) is 0 Å². The van der Waals surface area contributed by atoms with Gasteiger partial charge in [-0.05, 0) is 6.08 Å². The Hall–Kier alpha value is -1.04. The van der Waals surface area contributed by atoms with Crippen LogP contribution in [0.2, 0.25) is 0 Å². The number of carbonyl (C=O) groups excluding carboxylic acids is 2. The first-order valence-electron chi connectivity index (χ1n) is 4.26. The van der Waals surface area contributed by atoms with Crippen molar-refractivity contribution in [2.75, 3.05) is 6.54 Å². The SMILES string of the molecule is O=C(NO)[C@H]1C=C(C(F)(F)F)CN1[C](=O)[AlH2]. The standard InChI is InChI=1S/C7H6F3N2O3.Al.2H/c8-7(9,10)4-1-5(6(14)11-15)12(2-4)3-13;;;/h1,5,15H,2H2,(H,11,14);;;/t5-;;;/m1.../s1. The lowest BCUT2D eigenvalue weighted by atomic mass is 10.2. The minimum Gasteiger partial charge on any atom is -0.340 e. The molecule has 5 nitrogen and oxygen atoms in total. The van der Waals surface area contributed by atoms with Gasteiger partial charge in [0.05, 0.1) is 12.1 Å². The van der Waals surface area contributed by atoms with Crippen molar-refractivity contribution < 1.29 is 28.0 Å². The molecule has 0 saturated carbocycles. The van der Waals surface area contributed by atoms with Gasteiger partial charge < -0.3 is 4.90 Å². The van der Waals surface area contributed by atoms with Crippen molar-refractivity contribution in [1.82, 2.24) is 10.4 Å². The maximum absolute atomic E-state index is 12.3. The number of hydroxylamine groups is 1. The van der Waals surface area contributed by atoms with E-state index in [1.165, 1.54) is 5.48 Å². The van der Waals surface area contributed by atoms with E-state index in [1.807, 2.05) is 0 Å². The number of rotatable bonds is 1. The van der Waals surface area contributed by atoms with E-state index in [4.69, 9.17) is 5.21 Å². The smallest absolute Gasteiger partial charge is 0.340 e. The van der Waals surface area contributed by atoms with Crippen molar-refractivity contribution in [2.24, 2.45) is 0 Å². The molecule has 0 aromatic rings. The Labute approximate surface area is 96.3 Å². The number of nitrogens with one attached hydrogen (secondary N) is 1. The molecule has 1 aliphatic rings. The molecular formula is C7H8AlF3N2O3. The van der Waals surface area contributed by atoms with E-state index in [0.717, 1.165) is 4.90 Å². The summed E-state index contributed by atoms with van der Waals surface area (Å²) >= 11 is 0.000777. The van der Waals surface area contributed by atoms with E-state index < -0.39 is 35.0 Å². The number of alkyl halides is 3. The molecule has 0 unspecified atom stereocenters. The zero-order valence-electron chi connectivity index (χ0n) is 8.21. The average Bonchev–Trinajstić information content (AvgIpc) is 2.60. The van der Waals surface area contributed by atoms with Gasteiger partial charge >= 0.3 is 22.5 Å². The van der Waals surface area contributed by atoms with Crippen LogP contribution in [0.5, 0.6) is 0 Å². The molecule has 16 heavy (non-hydrogen) atoms. The van der Waals surface area contributed by atoms with Crippen LogP contribution in [-0.4, -0.2) is 55.8 Å². The lowest BCUT2D eigenvalue weighted by Crippen LogP contribution is -2.45. The van der Waals surface area contributed by atoms with Gasteiger partial charge in [-0.1, -0.05) is 0 Å². The zero-order valence-corrected chi connectivity index (χ0v) is 10.2. The third-order valence-electron chi connectivity index (χ3n) is 2.18. The summed E-state index contributed by atoms with van der Waals surface area (Å²) in [5.41, 5.74) is 0.281. The Bertz CT molecular complexity index is 355. The number of hydrogen-bond donors (Lipinski definition) is 2. The van der Waals surface area contributed by atoms with E-state index >= 15 is 0 Å². The van der Waals surface area contributed by atoms with Crippen molar-refractivity contribution in [3.8, 4) is 0 Å². The van der Waals surface area contributed by atoms with E-state index in [1.54, 1.807) is 0 Å². The van der Waals surface area contributed by atoms with Crippen LogP contribution in [-0.2, 0) is 4.79 Å². The summed E-state index contributed by atoms with van der Waals surface area (Å²) in [4.78, 5) is 22.9. The summed E-state index contributed by atoms with van der Waals surface area (Å²) in [5, 5.41) is 8.35. The summed E-state index contributed by atoms with van der Waals surface area (Å²) < 4.78 is 36.5. The van der Waals surface area contributed by atoms with Gasteiger partial charge in [-0.25, -0.2) is 5.48 Å². The highest BCUT2D eigenvalue weighted by Crippen LogP contribution is 2.31. The van der Waals surface area contributed by atoms with Gasteiger partial charge in [0.2, 0.25) is 0 Å². The second-order valence-corrected chi connectivity index (χ2v) is 4.11. The Morgan fingerprint density at radius 2 is 2.12 bits per heavy atom. The predicted octanol–water partition coefficient (Wildman–Crippen LogP) is -0.582. The third kappa shape index (κ3) is 2.55. The predicted molar refractivity (Wildman–Crippen MR) is 48.5 cm³/mol. The molecule has 0 aromatic heterocycles. The lowest BCUT2D eigenvalue weighted by molar-refractivity contribution is -0.131. The second kappa shape index (κ2) is 4.45. The average molecular weight is 252 g/mol. The fourth-order valence-corrected chi connectivity index (χ4v) is 1.83. The molecule has 0 aromatic carbocycles. The van der Waals surface area contributed by atoms with Gasteiger partial charge in [0, 0.05) is 0 Å². The van der Waals surface area contributed by atoms with E-state index in [-0.39, 0.29) is 16.3 Å². The van der Waals surface area contributed by atoms with Crippen molar-refractivity contribution in [3.05, 3.63) is 11.6 Å². The van der Waals surface area contributed by atoms with Gasteiger partial charge in [0.25, 0.3) is 5.91 Å². The molecule has 1 aliphatic heterocycles. The zero-order chi connectivity index (χ0) is 12.5. The summed E-state index contributed by atoms with van der Waals surface area (Å²) in [6.45, 7) is -0.649. The monoisotopic (exact) mass is 252 g/mol. The van der Waals surface area contributed by atoms with Gasteiger partial charge in [-0.15, -0.1) is 0 Å². The molecule has 0 spiro atoms. The molecule has 0 aliphatic carbocycles. The maximum atomic E-state index is 12.3. The van der Waals surface area contributed by atoms with Crippen LogP contribution in [0.25, 0.3) is 0 Å². The Kier molecular flexibility index (Phi) is 3.62. The van der Waals surface area contributed by atoms with Crippen LogP contribution in [0.15, 0.2) is 11.6 Å². The van der Waals surface area contributed by atoms with Crippen LogP contribution in [0, 0.1) is 0 Å².